The molecule has 148 valence electrons. The molecule has 0 radical (unpaired) electrons. The number of halogens is 2. The Bertz CT molecular complexity index is 541. The van der Waals surface area contributed by atoms with Crippen LogP contribution in [0.15, 0.2) is 29.3 Å². The minimum atomic E-state index is -0.172. The van der Waals surface area contributed by atoms with E-state index in [1.165, 1.54) is 7.11 Å². The summed E-state index contributed by atoms with van der Waals surface area (Å²) in [5, 5.41) is 7.13. The fraction of sp³-hybridized carbons (Fsp3) is 0.556. The molecule has 0 amide bonds. The summed E-state index contributed by atoms with van der Waals surface area (Å²) in [5.41, 5.74) is 0. The lowest BCUT2D eigenvalue weighted by molar-refractivity contribution is -0.140. The topological polar surface area (TPSA) is 72.0 Å². The highest BCUT2D eigenvalue weighted by Gasteiger charge is 2.05. The Labute approximate surface area is 178 Å². The number of aliphatic imine (C=N–C) groups is 1. The molecule has 6 nitrogen and oxygen atoms in total. The molecule has 1 aromatic carbocycles. The average Bonchev–Trinajstić information content (AvgIpc) is 2.61. The number of nitrogens with zero attached hydrogens (tertiary/aromatic N) is 1. The van der Waals surface area contributed by atoms with Crippen molar-refractivity contribution in [3.63, 3.8) is 0 Å². The number of hydrogen-bond acceptors (Lipinski definition) is 4. The number of methoxy groups -OCH3 is 1. The van der Waals surface area contributed by atoms with Gasteiger partial charge in [0.15, 0.2) is 5.96 Å². The molecule has 0 fully saturated rings. The van der Waals surface area contributed by atoms with Gasteiger partial charge in [-0.2, -0.15) is 0 Å². The van der Waals surface area contributed by atoms with Gasteiger partial charge in [-0.3, -0.25) is 4.79 Å². The van der Waals surface area contributed by atoms with Crippen molar-refractivity contribution in [3.8, 4) is 5.75 Å². The van der Waals surface area contributed by atoms with E-state index in [0.29, 0.717) is 18.0 Å². The van der Waals surface area contributed by atoms with Crippen molar-refractivity contribution in [3.05, 3.63) is 29.3 Å². The summed E-state index contributed by atoms with van der Waals surface area (Å²) in [7, 11) is 1.41. The zero-order valence-corrected chi connectivity index (χ0v) is 18.7. The molecule has 1 aromatic rings. The van der Waals surface area contributed by atoms with Crippen LogP contribution in [0, 0.1) is 0 Å². The number of benzene rings is 1. The van der Waals surface area contributed by atoms with Gasteiger partial charge in [-0.1, -0.05) is 11.6 Å². The van der Waals surface area contributed by atoms with Gasteiger partial charge in [-0.05, 0) is 51.0 Å². The van der Waals surface area contributed by atoms with E-state index in [4.69, 9.17) is 16.3 Å². The van der Waals surface area contributed by atoms with Crippen LogP contribution in [0.5, 0.6) is 5.75 Å². The van der Waals surface area contributed by atoms with Crippen LogP contribution in [-0.4, -0.2) is 44.8 Å². The Balaban J connectivity index is 0.00000625. The summed E-state index contributed by atoms with van der Waals surface area (Å²) >= 11 is 5.86. The summed E-state index contributed by atoms with van der Waals surface area (Å²) in [4.78, 5) is 15.6. The van der Waals surface area contributed by atoms with Crippen molar-refractivity contribution < 1.29 is 14.3 Å². The van der Waals surface area contributed by atoms with Gasteiger partial charge in [0.05, 0.1) is 13.7 Å². The molecular weight excluding hydrogens is 469 g/mol. The molecular formula is C18H29ClIN3O3. The molecule has 1 rings (SSSR count). The summed E-state index contributed by atoms with van der Waals surface area (Å²) in [6.45, 7) is 6.04. The van der Waals surface area contributed by atoms with Crippen molar-refractivity contribution in [1.29, 1.82) is 0 Å². The monoisotopic (exact) mass is 497 g/mol. The van der Waals surface area contributed by atoms with Crippen LogP contribution < -0.4 is 15.4 Å². The molecule has 0 spiro atoms. The zero-order chi connectivity index (χ0) is 18.5. The second-order valence-electron chi connectivity index (χ2n) is 5.56. The van der Waals surface area contributed by atoms with Crippen LogP contribution in [-0.2, 0) is 9.53 Å². The van der Waals surface area contributed by atoms with E-state index in [-0.39, 0.29) is 36.0 Å². The first-order chi connectivity index (χ1) is 12.0. The van der Waals surface area contributed by atoms with Crippen LogP contribution in [0.1, 0.15) is 33.1 Å². The van der Waals surface area contributed by atoms with E-state index in [2.05, 4.69) is 20.4 Å². The third kappa shape index (κ3) is 11.4. The molecule has 0 saturated carbocycles. The maximum atomic E-state index is 11.1. The van der Waals surface area contributed by atoms with Crippen LogP contribution in [0.25, 0.3) is 0 Å². The number of ether oxygens (including phenoxy) is 2. The Morgan fingerprint density at radius 1 is 1.23 bits per heavy atom. The van der Waals surface area contributed by atoms with Gasteiger partial charge in [0.2, 0.25) is 0 Å². The smallest absolute Gasteiger partial charge is 0.305 e. The van der Waals surface area contributed by atoms with Crippen LogP contribution in [0.2, 0.25) is 5.02 Å². The SMILES string of the molecule is CCNC(=NCC(C)Oc1ccc(Cl)cc1)NCCCCC(=O)OC.I. The molecule has 0 aromatic heterocycles. The third-order valence-corrected chi connectivity index (χ3v) is 3.58. The number of nitrogens with one attached hydrogen (secondary N) is 2. The lowest BCUT2D eigenvalue weighted by atomic mass is 10.2. The first kappa shape index (κ1) is 24.8. The second-order valence-corrected chi connectivity index (χ2v) is 6.00. The standard InChI is InChI=1S/C18H28ClN3O3.HI/c1-4-20-18(21-12-6-5-7-17(23)24-3)22-13-14(2)25-16-10-8-15(19)9-11-16;/h8-11,14H,4-7,12-13H2,1-3H3,(H2,20,21,22);1H. The predicted molar refractivity (Wildman–Crippen MR) is 117 cm³/mol. The van der Waals surface area contributed by atoms with Gasteiger partial charge < -0.3 is 20.1 Å². The van der Waals surface area contributed by atoms with E-state index >= 15 is 0 Å². The van der Waals surface area contributed by atoms with Crippen molar-refractivity contribution in [1.82, 2.24) is 10.6 Å². The molecule has 0 aliphatic rings. The van der Waals surface area contributed by atoms with Gasteiger partial charge in [0.25, 0.3) is 0 Å². The minimum absolute atomic E-state index is 0. The van der Waals surface area contributed by atoms with Gasteiger partial charge in [0.1, 0.15) is 11.9 Å². The summed E-state index contributed by atoms with van der Waals surface area (Å²) in [5.74, 6) is 1.34. The van der Waals surface area contributed by atoms with E-state index < -0.39 is 0 Å². The Morgan fingerprint density at radius 2 is 1.92 bits per heavy atom. The van der Waals surface area contributed by atoms with E-state index in [1.807, 2.05) is 26.0 Å². The number of carbonyl (C=O) groups excluding carboxylic acids is 1. The van der Waals surface area contributed by atoms with E-state index in [9.17, 15) is 4.79 Å². The number of rotatable bonds is 10. The molecule has 1 atom stereocenters. The van der Waals surface area contributed by atoms with Crippen LogP contribution >= 0.6 is 35.6 Å². The van der Waals surface area contributed by atoms with Gasteiger partial charge in [-0.25, -0.2) is 4.99 Å². The average molecular weight is 498 g/mol. The summed E-state index contributed by atoms with van der Waals surface area (Å²) in [6, 6.07) is 7.28. The number of esters is 1. The highest BCUT2D eigenvalue weighted by Crippen LogP contribution is 2.16. The lowest BCUT2D eigenvalue weighted by Crippen LogP contribution is -2.38. The zero-order valence-electron chi connectivity index (χ0n) is 15.6. The minimum Gasteiger partial charge on any atom is -0.489 e. The molecule has 26 heavy (non-hydrogen) atoms. The molecule has 0 bridgehead atoms. The summed E-state index contributed by atoms with van der Waals surface area (Å²) in [6.07, 6.45) is 2.04. The van der Waals surface area contributed by atoms with Gasteiger partial charge in [-0.15, -0.1) is 24.0 Å². The Kier molecular flexibility index (Phi) is 14.2. The molecule has 0 heterocycles. The fourth-order valence-corrected chi connectivity index (χ4v) is 2.17. The first-order valence-electron chi connectivity index (χ1n) is 8.56. The lowest BCUT2D eigenvalue weighted by Gasteiger charge is -2.15. The molecule has 0 saturated heterocycles. The second kappa shape index (κ2) is 14.9. The predicted octanol–water partition coefficient (Wildman–Crippen LogP) is 3.62. The third-order valence-electron chi connectivity index (χ3n) is 3.33. The highest BCUT2D eigenvalue weighted by atomic mass is 127. The molecule has 1 unspecified atom stereocenters. The quantitative estimate of drug-likeness (QED) is 0.170. The number of guanidine groups is 1. The maximum absolute atomic E-state index is 11.1. The molecule has 8 heteroatoms. The van der Waals surface area contributed by atoms with Crippen LogP contribution in [0.3, 0.4) is 0 Å². The largest absolute Gasteiger partial charge is 0.489 e. The van der Waals surface area contributed by atoms with Gasteiger partial charge in [0, 0.05) is 24.5 Å². The first-order valence-corrected chi connectivity index (χ1v) is 8.94. The van der Waals surface area contributed by atoms with Crippen molar-refractivity contribution in [2.24, 2.45) is 4.99 Å². The number of hydrogen-bond donors (Lipinski definition) is 2. The van der Waals surface area contributed by atoms with E-state index in [0.717, 1.165) is 37.6 Å². The van der Waals surface area contributed by atoms with E-state index in [1.54, 1.807) is 12.1 Å². The Hall–Kier alpha value is -1.22. The normalized spacial score (nSPS) is 11.9. The molecule has 2 N–H and O–H groups in total. The summed E-state index contributed by atoms with van der Waals surface area (Å²) < 4.78 is 10.4. The number of carbonyl (C=O) groups is 1. The fourth-order valence-electron chi connectivity index (χ4n) is 2.05. The number of unbranched alkanes of at least 4 members (excludes halogenated alkanes) is 1. The van der Waals surface area contributed by atoms with Gasteiger partial charge >= 0.3 is 5.97 Å². The highest BCUT2D eigenvalue weighted by molar-refractivity contribution is 14.0. The van der Waals surface area contributed by atoms with Crippen molar-refractivity contribution in [2.75, 3.05) is 26.7 Å². The van der Waals surface area contributed by atoms with Crippen molar-refractivity contribution in [2.45, 2.75) is 39.2 Å². The maximum Gasteiger partial charge on any atom is 0.305 e. The molecule has 0 aliphatic carbocycles. The Morgan fingerprint density at radius 3 is 2.54 bits per heavy atom. The van der Waals surface area contributed by atoms with Crippen molar-refractivity contribution >= 4 is 47.5 Å². The molecule has 0 aliphatic heterocycles. The van der Waals surface area contributed by atoms with Crippen LogP contribution in [0.4, 0.5) is 0 Å².